The van der Waals surface area contributed by atoms with E-state index in [0.29, 0.717) is 43.7 Å². The lowest BCUT2D eigenvalue weighted by Crippen LogP contribution is -2.40. The Morgan fingerprint density at radius 1 is 1.09 bits per heavy atom. The molecule has 1 saturated heterocycles. The van der Waals surface area contributed by atoms with Crippen molar-refractivity contribution in [3.05, 3.63) is 69.3 Å². The second-order valence-corrected chi connectivity index (χ2v) is 9.44. The predicted molar refractivity (Wildman–Crippen MR) is 121 cm³/mol. The van der Waals surface area contributed by atoms with Crippen LogP contribution in [0.15, 0.2) is 41.2 Å². The van der Waals surface area contributed by atoms with Crippen LogP contribution in [0.2, 0.25) is 0 Å². The van der Waals surface area contributed by atoms with E-state index in [0.717, 1.165) is 42.6 Å². The van der Waals surface area contributed by atoms with Gasteiger partial charge in [-0.2, -0.15) is 0 Å². The van der Waals surface area contributed by atoms with Gasteiger partial charge in [0.25, 0.3) is 5.56 Å². The molecule has 33 heavy (non-hydrogen) atoms. The number of hydrogen-bond acceptors (Lipinski definition) is 4. The smallest absolute Gasteiger partial charge is 0.277 e. The molecule has 2 amide bonds. The van der Waals surface area contributed by atoms with Gasteiger partial charge in [0.05, 0.1) is 36.0 Å². The molecule has 0 unspecified atom stereocenters. The van der Waals surface area contributed by atoms with Crippen molar-refractivity contribution < 1.29 is 9.59 Å². The molecular formula is C25H27N5O3. The molecule has 6 rings (SSSR count). The van der Waals surface area contributed by atoms with Gasteiger partial charge in [-0.15, -0.1) is 0 Å². The van der Waals surface area contributed by atoms with Crippen molar-refractivity contribution in [1.82, 2.24) is 24.4 Å². The summed E-state index contributed by atoms with van der Waals surface area (Å²) in [7, 11) is 0. The monoisotopic (exact) mass is 445 g/mol. The Bertz CT molecular complexity index is 1290. The molecule has 1 aliphatic carbocycles. The van der Waals surface area contributed by atoms with Crippen molar-refractivity contribution in [3.8, 4) is 0 Å². The number of aromatic nitrogens is 3. The van der Waals surface area contributed by atoms with Crippen LogP contribution in [0.1, 0.15) is 54.2 Å². The first-order valence-electron chi connectivity index (χ1n) is 11.8. The summed E-state index contributed by atoms with van der Waals surface area (Å²) in [5.41, 5.74) is 3.67. The summed E-state index contributed by atoms with van der Waals surface area (Å²) >= 11 is 0. The fourth-order valence-electron chi connectivity index (χ4n) is 5.21. The number of carbonyl (C=O) groups excluding carboxylic acids is 2. The Hall–Kier alpha value is -3.42. The summed E-state index contributed by atoms with van der Waals surface area (Å²) in [5, 5.41) is 3.23. The van der Waals surface area contributed by atoms with Crippen molar-refractivity contribution in [3.63, 3.8) is 0 Å². The van der Waals surface area contributed by atoms with Crippen LogP contribution in [0.5, 0.6) is 0 Å². The molecule has 4 heterocycles. The number of fused-ring (bicyclic) bond motifs is 2. The van der Waals surface area contributed by atoms with Crippen molar-refractivity contribution in [2.24, 2.45) is 5.92 Å². The Labute approximate surface area is 191 Å². The van der Waals surface area contributed by atoms with Crippen LogP contribution in [-0.4, -0.2) is 49.3 Å². The molecule has 170 valence electrons. The van der Waals surface area contributed by atoms with Gasteiger partial charge in [0.1, 0.15) is 0 Å². The average molecular weight is 446 g/mol. The maximum Gasteiger partial charge on any atom is 0.277 e. The van der Waals surface area contributed by atoms with Crippen LogP contribution in [0.3, 0.4) is 0 Å². The van der Waals surface area contributed by atoms with Crippen LogP contribution < -0.4 is 5.56 Å². The van der Waals surface area contributed by atoms with E-state index in [-0.39, 0.29) is 29.3 Å². The average Bonchev–Trinajstić information content (AvgIpc) is 3.40. The van der Waals surface area contributed by atoms with Crippen LogP contribution in [0, 0.1) is 5.92 Å². The van der Waals surface area contributed by atoms with Gasteiger partial charge in [-0.3, -0.25) is 19.5 Å². The van der Waals surface area contributed by atoms with Gasteiger partial charge >= 0.3 is 0 Å². The quantitative estimate of drug-likeness (QED) is 0.667. The SMILES string of the molecule is O=C(C1CC1)N1CCc2nc3cc([C@H]4CCCN4C(=O)Cc4ccccc4)[nH]n3c(=O)c2C1. The topological polar surface area (TPSA) is 90.8 Å². The largest absolute Gasteiger partial charge is 0.337 e. The number of nitrogens with zero attached hydrogens (tertiary/aromatic N) is 4. The van der Waals surface area contributed by atoms with E-state index in [9.17, 15) is 14.4 Å². The number of H-pyrrole nitrogens is 1. The van der Waals surface area contributed by atoms with Gasteiger partial charge in [0.2, 0.25) is 11.8 Å². The van der Waals surface area contributed by atoms with Crippen molar-refractivity contribution in [2.75, 3.05) is 13.1 Å². The molecular weight excluding hydrogens is 418 g/mol. The summed E-state index contributed by atoms with van der Waals surface area (Å²) < 4.78 is 1.48. The summed E-state index contributed by atoms with van der Waals surface area (Å²) in [5.74, 6) is 0.400. The summed E-state index contributed by atoms with van der Waals surface area (Å²) in [6, 6.07) is 11.6. The lowest BCUT2D eigenvalue weighted by atomic mass is 10.1. The molecule has 8 nitrogen and oxygen atoms in total. The molecule has 2 aromatic heterocycles. The molecule has 0 spiro atoms. The summed E-state index contributed by atoms with van der Waals surface area (Å²) in [4.78, 5) is 47.3. The number of benzene rings is 1. The third-order valence-corrected chi connectivity index (χ3v) is 7.15. The fourth-order valence-corrected chi connectivity index (χ4v) is 5.21. The predicted octanol–water partition coefficient (Wildman–Crippen LogP) is 2.22. The Kier molecular flexibility index (Phi) is 4.81. The summed E-state index contributed by atoms with van der Waals surface area (Å²) in [6.45, 7) is 1.66. The highest BCUT2D eigenvalue weighted by atomic mass is 16.2. The van der Waals surface area contributed by atoms with E-state index >= 15 is 0 Å². The molecule has 0 radical (unpaired) electrons. The van der Waals surface area contributed by atoms with Crippen molar-refractivity contribution >= 4 is 17.5 Å². The van der Waals surface area contributed by atoms with Gasteiger partial charge in [-0.05, 0) is 31.2 Å². The highest BCUT2D eigenvalue weighted by Crippen LogP contribution is 2.33. The lowest BCUT2D eigenvalue weighted by molar-refractivity contribution is -0.133. The number of nitrogens with one attached hydrogen (secondary N) is 1. The Morgan fingerprint density at radius 3 is 2.70 bits per heavy atom. The molecule has 3 aliphatic rings. The molecule has 3 aromatic rings. The maximum atomic E-state index is 13.3. The molecule has 1 atom stereocenters. The number of carbonyl (C=O) groups is 2. The fraction of sp³-hybridized carbons (Fsp3) is 0.440. The first kappa shape index (κ1) is 20.2. The van der Waals surface area contributed by atoms with Gasteiger partial charge in [-0.1, -0.05) is 30.3 Å². The number of rotatable bonds is 4. The zero-order valence-corrected chi connectivity index (χ0v) is 18.5. The van der Waals surface area contributed by atoms with E-state index in [1.54, 1.807) is 4.90 Å². The molecule has 1 saturated carbocycles. The minimum atomic E-state index is -0.144. The first-order valence-corrected chi connectivity index (χ1v) is 11.8. The lowest BCUT2D eigenvalue weighted by Gasteiger charge is -2.27. The van der Waals surface area contributed by atoms with E-state index in [2.05, 4.69) is 5.10 Å². The number of amides is 2. The third-order valence-electron chi connectivity index (χ3n) is 7.15. The molecule has 8 heteroatoms. The van der Waals surface area contributed by atoms with Gasteiger partial charge in [0.15, 0.2) is 5.65 Å². The zero-order valence-electron chi connectivity index (χ0n) is 18.5. The molecule has 1 N–H and O–H groups in total. The van der Waals surface area contributed by atoms with Gasteiger partial charge < -0.3 is 9.80 Å². The number of hydrogen-bond donors (Lipinski definition) is 1. The second-order valence-electron chi connectivity index (χ2n) is 9.44. The highest BCUT2D eigenvalue weighted by Gasteiger charge is 2.36. The van der Waals surface area contributed by atoms with E-state index in [1.165, 1.54) is 4.52 Å². The Balaban J connectivity index is 1.28. The first-order chi connectivity index (χ1) is 16.1. The molecule has 1 aromatic carbocycles. The third kappa shape index (κ3) is 3.63. The minimum Gasteiger partial charge on any atom is -0.337 e. The number of likely N-dealkylation sites (tertiary alicyclic amines) is 1. The number of aromatic amines is 1. The minimum absolute atomic E-state index is 0.0905. The van der Waals surface area contributed by atoms with E-state index in [1.807, 2.05) is 41.3 Å². The summed E-state index contributed by atoms with van der Waals surface area (Å²) in [6.07, 6.45) is 4.67. The van der Waals surface area contributed by atoms with Crippen LogP contribution >= 0.6 is 0 Å². The second kappa shape index (κ2) is 7.86. The standard InChI is InChI=1S/C25H27N5O3/c31-23(13-16-5-2-1-3-6-16)29-11-4-7-21(29)20-14-22-26-19-10-12-28(24(32)17-8-9-17)15-18(19)25(33)30(22)27-20/h1-3,5-6,14,17,21,27H,4,7-13,15H2/t21-/m1/s1. The van der Waals surface area contributed by atoms with Crippen LogP contribution in [-0.2, 0) is 29.0 Å². The van der Waals surface area contributed by atoms with Gasteiger partial charge in [0, 0.05) is 31.5 Å². The van der Waals surface area contributed by atoms with E-state index < -0.39 is 0 Å². The van der Waals surface area contributed by atoms with Gasteiger partial charge in [-0.25, -0.2) is 9.50 Å². The van der Waals surface area contributed by atoms with Crippen LogP contribution in [0.4, 0.5) is 0 Å². The maximum absolute atomic E-state index is 13.3. The highest BCUT2D eigenvalue weighted by molar-refractivity contribution is 5.81. The normalized spacial score (nSPS) is 20.3. The molecule has 0 bridgehead atoms. The van der Waals surface area contributed by atoms with Crippen LogP contribution in [0.25, 0.3) is 5.65 Å². The van der Waals surface area contributed by atoms with Crippen molar-refractivity contribution in [2.45, 2.75) is 51.1 Å². The molecule has 2 aliphatic heterocycles. The van der Waals surface area contributed by atoms with E-state index in [4.69, 9.17) is 4.98 Å². The Morgan fingerprint density at radius 2 is 1.91 bits per heavy atom. The molecule has 2 fully saturated rings. The van der Waals surface area contributed by atoms with Crippen molar-refractivity contribution in [1.29, 1.82) is 0 Å². The zero-order chi connectivity index (χ0) is 22.5.